The average molecular weight is 315 g/mol. The van der Waals surface area contributed by atoms with E-state index in [4.69, 9.17) is 11.6 Å². The quantitative estimate of drug-likeness (QED) is 0.910. The van der Waals surface area contributed by atoms with E-state index in [0.29, 0.717) is 10.6 Å². The predicted molar refractivity (Wildman–Crippen MR) is 76.3 cm³/mol. The average Bonchev–Trinajstić information content (AvgIpc) is 2.41. The minimum Gasteiger partial charge on any atom is -0.309 e. The SMILES string of the molecule is CNC(c1ccc(C)cc1Cl)c1cnccc1C(F)(F)F. The molecule has 0 amide bonds. The van der Waals surface area contributed by atoms with Crippen LogP contribution in [0, 0.1) is 6.92 Å². The van der Waals surface area contributed by atoms with Crippen LogP contribution in [0.2, 0.25) is 5.02 Å². The van der Waals surface area contributed by atoms with E-state index in [2.05, 4.69) is 10.3 Å². The lowest BCUT2D eigenvalue weighted by Gasteiger charge is -2.22. The second kappa shape index (κ2) is 6.03. The molecule has 0 fully saturated rings. The maximum atomic E-state index is 13.1. The molecule has 0 aliphatic heterocycles. The molecular formula is C15H14ClF3N2. The summed E-state index contributed by atoms with van der Waals surface area (Å²) < 4.78 is 39.4. The van der Waals surface area contributed by atoms with E-state index in [0.717, 1.165) is 17.8 Å². The summed E-state index contributed by atoms with van der Waals surface area (Å²) in [5.41, 5.74) is 0.871. The second-order valence-electron chi connectivity index (χ2n) is 4.71. The zero-order valence-electron chi connectivity index (χ0n) is 11.5. The summed E-state index contributed by atoms with van der Waals surface area (Å²) in [6, 6.07) is 5.57. The number of pyridine rings is 1. The van der Waals surface area contributed by atoms with Crippen LogP contribution in [0.15, 0.2) is 36.7 Å². The van der Waals surface area contributed by atoms with Crippen molar-refractivity contribution in [2.75, 3.05) is 7.05 Å². The number of benzene rings is 1. The first kappa shape index (κ1) is 15.8. The van der Waals surface area contributed by atoms with Crippen LogP contribution in [0.25, 0.3) is 0 Å². The first-order valence-corrected chi connectivity index (χ1v) is 6.67. The van der Waals surface area contributed by atoms with Crippen LogP contribution in [0.4, 0.5) is 13.2 Å². The molecular weight excluding hydrogens is 301 g/mol. The molecule has 21 heavy (non-hydrogen) atoms. The molecule has 0 radical (unpaired) electrons. The van der Waals surface area contributed by atoms with E-state index < -0.39 is 17.8 Å². The van der Waals surface area contributed by atoms with E-state index in [1.54, 1.807) is 19.2 Å². The third-order valence-corrected chi connectivity index (χ3v) is 3.55. The van der Waals surface area contributed by atoms with Crippen molar-refractivity contribution < 1.29 is 13.2 Å². The molecule has 1 unspecified atom stereocenters. The molecule has 1 heterocycles. The van der Waals surface area contributed by atoms with Gasteiger partial charge in [-0.25, -0.2) is 0 Å². The van der Waals surface area contributed by atoms with Gasteiger partial charge in [0.25, 0.3) is 0 Å². The highest BCUT2D eigenvalue weighted by molar-refractivity contribution is 6.31. The summed E-state index contributed by atoms with van der Waals surface area (Å²) >= 11 is 6.18. The summed E-state index contributed by atoms with van der Waals surface area (Å²) in [7, 11) is 1.59. The van der Waals surface area contributed by atoms with Gasteiger partial charge in [-0.2, -0.15) is 13.2 Å². The van der Waals surface area contributed by atoms with Gasteiger partial charge in [-0.3, -0.25) is 4.98 Å². The Kier molecular flexibility index (Phi) is 4.54. The summed E-state index contributed by atoms with van der Waals surface area (Å²) in [6.45, 7) is 1.87. The van der Waals surface area contributed by atoms with E-state index in [1.807, 2.05) is 13.0 Å². The first-order valence-electron chi connectivity index (χ1n) is 6.29. The highest BCUT2D eigenvalue weighted by Crippen LogP contribution is 2.37. The molecule has 2 rings (SSSR count). The van der Waals surface area contributed by atoms with Gasteiger partial charge >= 0.3 is 6.18 Å². The number of nitrogens with one attached hydrogen (secondary N) is 1. The van der Waals surface area contributed by atoms with Crippen molar-refractivity contribution in [3.05, 3.63) is 63.9 Å². The number of aryl methyl sites for hydroxylation is 1. The molecule has 0 saturated heterocycles. The molecule has 0 aliphatic rings. The minimum atomic E-state index is -4.44. The highest BCUT2D eigenvalue weighted by Gasteiger charge is 2.35. The van der Waals surface area contributed by atoms with Gasteiger partial charge in [0.15, 0.2) is 0 Å². The van der Waals surface area contributed by atoms with Crippen molar-refractivity contribution in [1.82, 2.24) is 10.3 Å². The second-order valence-corrected chi connectivity index (χ2v) is 5.11. The lowest BCUT2D eigenvalue weighted by atomic mass is 9.95. The molecule has 1 aromatic heterocycles. The normalized spacial score (nSPS) is 13.2. The van der Waals surface area contributed by atoms with Gasteiger partial charge in [0, 0.05) is 23.0 Å². The Hall–Kier alpha value is -1.59. The Labute approximate surface area is 126 Å². The van der Waals surface area contributed by atoms with Gasteiger partial charge in [0.05, 0.1) is 11.6 Å². The van der Waals surface area contributed by atoms with E-state index in [-0.39, 0.29) is 5.56 Å². The van der Waals surface area contributed by atoms with E-state index >= 15 is 0 Å². The van der Waals surface area contributed by atoms with Crippen molar-refractivity contribution >= 4 is 11.6 Å². The number of nitrogens with zero attached hydrogens (tertiary/aromatic N) is 1. The van der Waals surface area contributed by atoms with Crippen LogP contribution >= 0.6 is 11.6 Å². The number of halogens is 4. The minimum absolute atomic E-state index is 0.0539. The fourth-order valence-electron chi connectivity index (χ4n) is 2.24. The maximum absolute atomic E-state index is 13.1. The summed E-state index contributed by atoms with van der Waals surface area (Å²) in [4.78, 5) is 3.82. The third-order valence-electron chi connectivity index (χ3n) is 3.22. The van der Waals surface area contributed by atoms with Crippen LogP contribution in [-0.4, -0.2) is 12.0 Å². The molecule has 0 spiro atoms. The number of alkyl halides is 3. The van der Waals surface area contributed by atoms with Crippen molar-refractivity contribution in [2.45, 2.75) is 19.1 Å². The van der Waals surface area contributed by atoms with Crippen LogP contribution < -0.4 is 5.32 Å². The molecule has 2 nitrogen and oxygen atoms in total. The Balaban J connectivity index is 2.57. The summed E-state index contributed by atoms with van der Waals surface area (Å²) in [5.74, 6) is 0. The van der Waals surface area contributed by atoms with Crippen LogP contribution in [0.3, 0.4) is 0 Å². The smallest absolute Gasteiger partial charge is 0.309 e. The molecule has 1 atom stereocenters. The van der Waals surface area contributed by atoms with Crippen molar-refractivity contribution in [1.29, 1.82) is 0 Å². The summed E-state index contributed by atoms with van der Waals surface area (Å²) in [6.07, 6.45) is -2.08. The van der Waals surface area contributed by atoms with Gasteiger partial charge in [-0.1, -0.05) is 23.7 Å². The van der Waals surface area contributed by atoms with Gasteiger partial charge in [0.1, 0.15) is 0 Å². The molecule has 1 aromatic carbocycles. The van der Waals surface area contributed by atoms with Gasteiger partial charge in [-0.15, -0.1) is 0 Å². The molecule has 0 bridgehead atoms. The number of hydrogen-bond acceptors (Lipinski definition) is 2. The lowest BCUT2D eigenvalue weighted by Crippen LogP contribution is -2.22. The maximum Gasteiger partial charge on any atom is 0.416 e. The topological polar surface area (TPSA) is 24.9 Å². The molecule has 0 saturated carbocycles. The van der Waals surface area contributed by atoms with Crippen LogP contribution in [-0.2, 0) is 6.18 Å². The Bertz CT molecular complexity index is 641. The van der Waals surface area contributed by atoms with Crippen LogP contribution in [0.1, 0.15) is 28.3 Å². The van der Waals surface area contributed by atoms with Gasteiger partial charge < -0.3 is 5.32 Å². The Morgan fingerprint density at radius 1 is 1.19 bits per heavy atom. The molecule has 0 aliphatic carbocycles. The fourth-order valence-corrected chi connectivity index (χ4v) is 2.58. The molecule has 1 N–H and O–H groups in total. The highest BCUT2D eigenvalue weighted by atomic mass is 35.5. The number of hydrogen-bond donors (Lipinski definition) is 1. The monoisotopic (exact) mass is 314 g/mol. The number of rotatable bonds is 3. The first-order chi connectivity index (χ1) is 9.84. The van der Waals surface area contributed by atoms with Crippen LogP contribution in [0.5, 0.6) is 0 Å². The van der Waals surface area contributed by atoms with Crippen molar-refractivity contribution in [3.63, 3.8) is 0 Å². The molecule has 112 valence electrons. The Morgan fingerprint density at radius 3 is 2.48 bits per heavy atom. The number of aromatic nitrogens is 1. The fraction of sp³-hybridized carbons (Fsp3) is 0.267. The third kappa shape index (κ3) is 3.36. The van der Waals surface area contributed by atoms with Crippen molar-refractivity contribution in [2.24, 2.45) is 0 Å². The van der Waals surface area contributed by atoms with Gasteiger partial charge in [-0.05, 0) is 37.2 Å². The van der Waals surface area contributed by atoms with Crippen molar-refractivity contribution in [3.8, 4) is 0 Å². The molecule has 6 heteroatoms. The van der Waals surface area contributed by atoms with E-state index in [9.17, 15) is 13.2 Å². The summed E-state index contributed by atoms with van der Waals surface area (Å²) in [5, 5.41) is 3.31. The largest absolute Gasteiger partial charge is 0.416 e. The standard InChI is InChI=1S/C15H14ClF3N2/c1-9-3-4-10(13(16)7-9)14(20-2)11-8-21-6-5-12(11)15(17,18)19/h3-8,14,20H,1-2H3. The molecule has 2 aromatic rings. The predicted octanol–water partition coefficient (Wildman–Crippen LogP) is 4.37. The zero-order valence-corrected chi connectivity index (χ0v) is 12.3. The zero-order chi connectivity index (χ0) is 15.6. The van der Waals surface area contributed by atoms with E-state index in [1.165, 1.54) is 6.20 Å². The van der Waals surface area contributed by atoms with Gasteiger partial charge in [0.2, 0.25) is 0 Å². The lowest BCUT2D eigenvalue weighted by molar-refractivity contribution is -0.138. The Morgan fingerprint density at radius 2 is 1.90 bits per heavy atom.